The first-order valence-corrected chi connectivity index (χ1v) is 8.98. The summed E-state index contributed by atoms with van der Waals surface area (Å²) in [6.07, 6.45) is 1.78. The van der Waals surface area contributed by atoms with Crippen LogP contribution in [-0.4, -0.2) is 22.8 Å². The molecule has 1 atom stereocenters. The van der Waals surface area contributed by atoms with Crippen molar-refractivity contribution in [3.63, 3.8) is 0 Å². The van der Waals surface area contributed by atoms with Gasteiger partial charge in [-0.05, 0) is 31.5 Å². The molecule has 0 fully saturated rings. The molecule has 2 amide bonds. The zero-order valence-corrected chi connectivity index (χ0v) is 15.3. The number of anilines is 1. The van der Waals surface area contributed by atoms with Crippen LogP contribution < -0.4 is 10.6 Å². The van der Waals surface area contributed by atoms with Crippen LogP contribution in [0.25, 0.3) is 0 Å². The molecule has 2 heterocycles. The monoisotopic (exact) mass is 369 g/mol. The molecule has 0 radical (unpaired) electrons. The molecule has 134 valence electrons. The van der Waals surface area contributed by atoms with E-state index in [2.05, 4.69) is 15.6 Å². The molecule has 26 heavy (non-hydrogen) atoms. The van der Waals surface area contributed by atoms with Crippen LogP contribution in [0.1, 0.15) is 26.7 Å². The topological polar surface area (TPSA) is 84.2 Å². The number of aryl methyl sites for hydroxylation is 2. The number of carbonyl (C=O) groups is 2. The fourth-order valence-electron chi connectivity index (χ4n) is 2.41. The lowest BCUT2D eigenvalue weighted by Gasteiger charge is -2.17. The fourth-order valence-corrected chi connectivity index (χ4v) is 3.23. The molecule has 0 saturated carbocycles. The standard InChI is InChI=1S/C19H19N3O3S/c1-12-13(2)26-19(20-12)22-17(23)15(11-14-7-4-3-5-8-14)21-18(24)16-9-6-10-25-16/h3-10,15H,11H2,1-2H3,(H,21,24)(H,20,22,23). The van der Waals surface area contributed by atoms with E-state index < -0.39 is 11.9 Å². The van der Waals surface area contributed by atoms with E-state index in [1.54, 1.807) is 12.1 Å². The Morgan fingerprint density at radius 2 is 1.92 bits per heavy atom. The summed E-state index contributed by atoms with van der Waals surface area (Å²) in [4.78, 5) is 30.4. The summed E-state index contributed by atoms with van der Waals surface area (Å²) in [5, 5.41) is 6.06. The summed E-state index contributed by atoms with van der Waals surface area (Å²) in [7, 11) is 0. The third-order valence-corrected chi connectivity index (χ3v) is 4.90. The third kappa shape index (κ3) is 4.37. The molecule has 6 nitrogen and oxygen atoms in total. The van der Waals surface area contributed by atoms with Crippen molar-refractivity contribution in [2.45, 2.75) is 26.3 Å². The maximum Gasteiger partial charge on any atom is 0.287 e. The minimum atomic E-state index is -0.750. The molecular formula is C19H19N3O3S. The quantitative estimate of drug-likeness (QED) is 0.698. The van der Waals surface area contributed by atoms with E-state index >= 15 is 0 Å². The highest BCUT2D eigenvalue weighted by Crippen LogP contribution is 2.21. The molecule has 2 aromatic heterocycles. The number of aromatic nitrogens is 1. The van der Waals surface area contributed by atoms with Crippen molar-refractivity contribution in [3.8, 4) is 0 Å². The van der Waals surface area contributed by atoms with Crippen LogP contribution in [0.3, 0.4) is 0 Å². The summed E-state index contributed by atoms with van der Waals surface area (Å²) in [6.45, 7) is 3.84. The molecule has 0 aliphatic heterocycles. The first-order chi connectivity index (χ1) is 12.5. The predicted molar refractivity (Wildman–Crippen MR) is 100 cm³/mol. The van der Waals surface area contributed by atoms with E-state index in [9.17, 15) is 9.59 Å². The average molecular weight is 369 g/mol. The van der Waals surface area contributed by atoms with Crippen LogP contribution in [0.2, 0.25) is 0 Å². The lowest BCUT2D eigenvalue weighted by atomic mass is 10.1. The summed E-state index contributed by atoms with van der Waals surface area (Å²) >= 11 is 1.41. The van der Waals surface area contributed by atoms with Crippen LogP contribution in [-0.2, 0) is 11.2 Å². The van der Waals surface area contributed by atoms with Crippen molar-refractivity contribution in [3.05, 3.63) is 70.6 Å². The highest BCUT2D eigenvalue weighted by molar-refractivity contribution is 7.15. The number of thiazole rings is 1. The van der Waals surface area contributed by atoms with Gasteiger partial charge in [0.05, 0.1) is 12.0 Å². The van der Waals surface area contributed by atoms with Gasteiger partial charge in [0.15, 0.2) is 10.9 Å². The Morgan fingerprint density at radius 3 is 2.54 bits per heavy atom. The number of benzene rings is 1. The molecule has 0 spiro atoms. The van der Waals surface area contributed by atoms with E-state index in [0.29, 0.717) is 11.6 Å². The van der Waals surface area contributed by atoms with Gasteiger partial charge in [0.2, 0.25) is 5.91 Å². The van der Waals surface area contributed by atoms with Crippen LogP contribution in [0.4, 0.5) is 5.13 Å². The van der Waals surface area contributed by atoms with E-state index in [1.165, 1.54) is 17.6 Å². The Labute approximate surface area is 155 Å². The maximum atomic E-state index is 12.8. The lowest BCUT2D eigenvalue weighted by Crippen LogP contribution is -2.45. The number of nitrogens with zero attached hydrogens (tertiary/aromatic N) is 1. The molecule has 7 heteroatoms. The molecule has 2 N–H and O–H groups in total. The minimum absolute atomic E-state index is 0.164. The second-order valence-electron chi connectivity index (χ2n) is 5.84. The molecule has 3 rings (SSSR count). The van der Waals surface area contributed by atoms with Gasteiger partial charge < -0.3 is 15.1 Å². The van der Waals surface area contributed by atoms with Gasteiger partial charge in [0.25, 0.3) is 5.91 Å². The summed E-state index contributed by atoms with van der Waals surface area (Å²) in [6, 6.07) is 12.0. The van der Waals surface area contributed by atoms with Crippen molar-refractivity contribution in [1.82, 2.24) is 10.3 Å². The van der Waals surface area contributed by atoms with E-state index in [-0.39, 0.29) is 11.7 Å². The Kier molecular flexibility index (Phi) is 5.48. The van der Waals surface area contributed by atoms with Crippen molar-refractivity contribution in [2.75, 3.05) is 5.32 Å². The van der Waals surface area contributed by atoms with Crippen molar-refractivity contribution >= 4 is 28.3 Å². The van der Waals surface area contributed by atoms with Crippen LogP contribution >= 0.6 is 11.3 Å². The molecule has 0 bridgehead atoms. The van der Waals surface area contributed by atoms with Gasteiger partial charge >= 0.3 is 0 Å². The fraction of sp³-hybridized carbons (Fsp3) is 0.211. The molecule has 3 aromatic rings. The van der Waals surface area contributed by atoms with Crippen molar-refractivity contribution < 1.29 is 14.0 Å². The molecule has 0 aliphatic carbocycles. The molecule has 1 unspecified atom stereocenters. The Hall–Kier alpha value is -2.93. The maximum absolute atomic E-state index is 12.8. The lowest BCUT2D eigenvalue weighted by molar-refractivity contribution is -0.118. The van der Waals surface area contributed by atoms with Gasteiger partial charge in [-0.2, -0.15) is 0 Å². The Morgan fingerprint density at radius 1 is 1.15 bits per heavy atom. The number of nitrogens with one attached hydrogen (secondary N) is 2. The average Bonchev–Trinajstić information content (AvgIpc) is 3.26. The number of amides is 2. The van der Waals surface area contributed by atoms with Crippen molar-refractivity contribution in [1.29, 1.82) is 0 Å². The predicted octanol–water partition coefficient (Wildman–Crippen LogP) is 3.33. The van der Waals surface area contributed by atoms with E-state index in [4.69, 9.17) is 4.42 Å². The van der Waals surface area contributed by atoms with E-state index in [0.717, 1.165) is 16.1 Å². The summed E-state index contributed by atoms with van der Waals surface area (Å²) in [5.41, 5.74) is 1.82. The largest absolute Gasteiger partial charge is 0.459 e. The first kappa shape index (κ1) is 17.9. The number of hydrogen-bond acceptors (Lipinski definition) is 5. The smallest absolute Gasteiger partial charge is 0.287 e. The van der Waals surface area contributed by atoms with Gasteiger partial charge in [0, 0.05) is 11.3 Å². The normalized spacial score (nSPS) is 11.8. The van der Waals surface area contributed by atoms with Gasteiger partial charge in [-0.25, -0.2) is 4.98 Å². The number of furan rings is 1. The zero-order chi connectivity index (χ0) is 18.5. The highest BCUT2D eigenvalue weighted by atomic mass is 32.1. The summed E-state index contributed by atoms with van der Waals surface area (Å²) in [5.74, 6) is -0.586. The Bertz CT molecular complexity index is 869. The van der Waals surface area contributed by atoms with Crippen LogP contribution in [0.15, 0.2) is 53.1 Å². The van der Waals surface area contributed by atoms with E-state index in [1.807, 2.05) is 44.2 Å². The summed E-state index contributed by atoms with van der Waals surface area (Å²) < 4.78 is 5.11. The molecule has 1 aromatic carbocycles. The van der Waals surface area contributed by atoms with Crippen molar-refractivity contribution in [2.24, 2.45) is 0 Å². The molecular weight excluding hydrogens is 350 g/mol. The first-order valence-electron chi connectivity index (χ1n) is 8.16. The second kappa shape index (κ2) is 7.97. The van der Waals surface area contributed by atoms with Crippen LogP contribution in [0.5, 0.6) is 0 Å². The Balaban J connectivity index is 1.76. The molecule has 0 saturated heterocycles. The minimum Gasteiger partial charge on any atom is -0.459 e. The third-order valence-electron chi connectivity index (χ3n) is 3.91. The van der Waals surface area contributed by atoms with Crippen LogP contribution in [0, 0.1) is 13.8 Å². The van der Waals surface area contributed by atoms with Gasteiger partial charge in [-0.15, -0.1) is 11.3 Å². The highest BCUT2D eigenvalue weighted by Gasteiger charge is 2.24. The number of hydrogen-bond donors (Lipinski definition) is 2. The molecule has 0 aliphatic rings. The van der Waals surface area contributed by atoms with Gasteiger partial charge in [-0.1, -0.05) is 30.3 Å². The number of rotatable bonds is 6. The van der Waals surface area contributed by atoms with Gasteiger partial charge in [0.1, 0.15) is 6.04 Å². The zero-order valence-electron chi connectivity index (χ0n) is 14.5. The SMILES string of the molecule is Cc1nc(NC(=O)C(Cc2ccccc2)NC(=O)c2ccco2)sc1C. The second-order valence-corrected chi connectivity index (χ2v) is 7.05. The number of carbonyl (C=O) groups excluding carboxylic acids is 2. The van der Waals surface area contributed by atoms with Gasteiger partial charge in [-0.3, -0.25) is 9.59 Å².